The second-order valence-electron chi connectivity index (χ2n) is 5.05. The van der Waals surface area contributed by atoms with Gasteiger partial charge in [-0.05, 0) is 37.3 Å². The van der Waals surface area contributed by atoms with Gasteiger partial charge in [0.1, 0.15) is 11.9 Å². The monoisotopic (exact) mass is 317 g/mol. The third-order valence-corrected chi connectivity index (χ3v) is 3.36. The van der Waals surface area contributed by atoms with Gasteiger partial charge in [0.2, 0.25) is 5.91 Å². The maximum absolute atomic E-state index is 12.3. The first-order valence-corrected chi connectivity index (χ1v) is 7.19. The molecule has 1 saturated heterocycles. The van der Waals surface area contributed by atoms with Gasteiger partial charge in [0.25, 0.3) is 0 Å². The lowest BCUT2D eigenvalue weighted by Gasteiger charge is -2.21. The number of halogens is 3. The minimum Gasteiger partial charge on any atom is -0.406 e. The molecule has 1 heterocycles. The van der Waals surface area contributed by atoms with Gasteiger partial charge in [-0.1, -0.05) is 18.2 Å². The van der Waals surface area contributed by atoms with Gasteiger partial charge in [-0.15, -0.1) is 13.2 Å². The summed E-state index contributed by atoms with van der Waals surface area (Å²) >= 11 is 0. The zero-order valence-electron chi connectivity index (χ0n) is 12.0. The standard InChI is InChI=1S/C15H18F3NO3/c16-15(17,18)22-12-6-2-1-5-11(12)8-9-19-14(20)13-7-3-4-10-21-13/h1-2,5-6,13H,3-4,7-10H2,(H,19,20)/t13-/m1/s1. The summed E-state index contributed by atoms with van der Waals surface area (Å²) in [5.41, 5.74) is 0.393. The van der Waals surface area contributed by atoms with Gasteiger partial charge in [0.15, 0.2) is 0 Å². The molecule has 0 radical (unpaired) electrons. The molecule has 1 aliphatic rings. The fourth-order valence-electron chi connectivity index (χ4n) is 2.32. The first-order valence-electron chi connectivity index (χ1n) is 7.19. The van der Waals surface area contributed by atoms with E-state index >= 15 is 0 Å². The number of hydrogen-bond acceptors (Lipinski definition) is 3. The van der Waals surface area contributed by atoms with Crippen molar-refractivity contribution in [1.82, 2.24) is 5.32 Å². The van der Waals surface area contributed by atoms with E-state index in [0.717, 1.165) is 12.8 Å². The second kappa shape index (κ2) is 7.49. The van der Waals surface area contributed by atoms with Crippen LogP contribution in [0.5, 0.6) is 5.75 Å². The molecular weight excluding hydrogens is 299 g/mol. The Bertz CT molecular complexity index is 499. The third kappa shape index (κ3) is 5.22. The van der Waals surface area contributed by atoms with Crippen molar-refractivity contribution >= 4 is 5.91 Å². The summed E-state index contributed by atoms with van der Waals surface area (Å²) < 4.78 is 46.2. The molecule has 1 aliphatic heterocycles. The van der Waals surface area contributed by atoms with Crippen LogP contribution >= 0.6 is 0 Å². The predicted octanol–water partition coefficient (Wildman–Crippen LogP) is 2.81. The number of para-hydroxylation sites is 1. The van der Waals surface area contributed by atoms with Gasteiger partial charge in [-0.2, -0.15) is 0 Å². The molecule has 1 fully saturated rings. The number of rotatable bonds is 5. The average Bonchev–Trinajstić information content (AvgIpc) is 2.48. The first-order chi connectivity index (χ1) is 10.5. The maximum atomic E-state index is 12.3. The molecule has 1 N–H and O–H groups in total. The highest BCUT2D eigenvalue weighted by atomic mass is 19.4. The van der Waals surface area contributed by atoms with Crippen molar-refractivity contribution in [3.8, 4) is 5.75 Å². The predicted molar refractivity (Wildman–Crippen MR) is 73.4 cm³/mol. The minimum atomic E-state index is -4.73. The summed E-state index contributed by atoms with van der Waals surface area (Å²) in [5.74, 6) is -0.452. The van der Waals surface area contributed by atoms with Gasteiger partial charge in [-0.25, -0.2) is 0 Å². The van der Waals surface area contributed by atoms with E-state index < -0.39 is 12.5 Å². The fraction of sp³-hybridized carbons (Fsp3) is 0.533. The summed E-state index contributed by atoms with van der Waals surface area (Å²) in [7, 11) is 0. The van der Waals surface area contributed by atoms with Gasteiger partial charge >= 0.3 is 6.36 Å². The summed E-state index contributed by atoms with van der Waals surface area (Å²) in [5, 5.41) is 2.69. The van der Waals surface area contributed by atoms with Crippen LogP contribution in [0, 0.1) is 0 Å². The van der Waals surface area contributed by atoms with Crippen molar-refractivity contribution in [2.45, 2.75) is 38.1 Å². The molecule has 4 nitrogen and oxygen atoms in total. The molecule has 0 saturated carbocycles. The third-order valence-electron chi connectivity index (χ3n) is 3.36. The van der Waals surface area contributed by atoms with E-state index in [1.807, 2.05) is 0 Å². The highest BCUT2D eigenvalue weighted by Gasteiger charge is 2.32. The molecule has 0 spiro atoms. The molecule has 0 aliphatic carbocycles. The number of carbonyl (C=O) groups is 1. The number of ether oxygens (including phenoxy) is 2. The summed E-state index contributed by atoms with van der Waals surface area (Å²) in [6, 6.07) is 5.91. The molecule has 0 aromatic heterocycles. The molecule has 7 heteroatoms. The molecule has 0 unspecified atom stereocenters. The molecule has 1 amide bonds. The Morgan fingerprint density at radius 2 is 2.09 bits per heavy atom. The quantitative estimate of drug-likeness (QED) is 0.908. The van der Waals surface area contributed by atoms with E-state index in [4.69, 9.17) is 4.74 Å². The highest BCUT2D eigenvalue weighted by molar-refractivity contribution is 5.80. The Balaban J connectivity index is 1.85. The molecule has 1 aromatic rings. The van der Waals surface area contributed by atoms with E-state index in [9.17, 15) is 18.0 Å². The topological polar surface area (TPSA) is 47.6 Å². The Labute approximate surface area is 126 Å². The summed E-state index contributed by atoms with van der Waals surface area (Å²) in [4.78, 5) is 11.9. The molecule has 1 aromatic carbocycles. The van der Waals surface area contributed by atoms with Gasteiger partial charge < -0.3 is 14.8 Å². The van der Waals surface area contributed by atoms with Crippen LogP contribution in [0.25, 0.3) is 0 Å². The zero-order valence-corrected chi connectivity index (χ0v) is 12.0. The summed E-state index contributed by atoms with van der Waals surface area (Å²) in [6.45, 7) is 0.803. The number of carbonyl (C=O) groups excluding carboxylic acids is 1. The number of nitrogens with one attached hydrogen (secondary N) is 1. The van der Waals surface area contributed by atoms with Crippen molar-refractivity contribution in [3.63, 3.8) is 0 Å². The van der Waals surface area contributed by atoms with Crippen LogP contribution in [-0.2, 0) is 16.0 Å². The minimum absolute atomic E-state index is 0.214. The van der Waals surface area contributed by atoms with Crippen molar-refractivity contribution in [2.24, 2.45) is 0 Å². The maximum Gasteiger partial charge on any atom is 0.573 e. The molecule has 0 bridgehead atoms. The number of alkyl halides is 3. The molecule has 22 heavy (non-hydrogen) atoms. The van der Waals surface area contributed by atoms with E-state index in [1.54, 1.807) is 12.1 Å². The summed E-state index contributed by atoms with van der Waals surface area (Å²) in [6.07, 6.45) is -2.35. The van der Waals surface area contributed by atoms with Crippen LogP contribution in [0.2, 0.25) is 0 Å². The molecular formula is C15H18F3NO3. The highest BCUT2D eigenvalue weighted by Crippen LogP contribution is 2.26. The Hall–Kier alpha value is -1.76. The van der Waals surface area contributed by atoms with Crippen molar-refractivity contribution in [2.75, 3.05) is 13.2 Å². The molecule has 122 valence electrons. The number of amides is 1. The van der Waals surface area contributed by atoms with Gasteiger partial charge in [0.05, 0.1) is 0 Å². The normalized spacial score (nSPS) is 18.8. The van der Waals surface area contributed by atoms with Crippen LogP contribution in [0.4, 0.5) is 13.2 Å². The average molecular weight is 317 g/mol. The van der Waals surface area contributed by atoms with E-state index in [1.165, 1.54) is 12.1 Å². The van der Waals surface area contributed by atoms with Crippen molar-refractivity contribution in [1.29, 1.82) is 0 Å². The first kappa shape index (κ1) is 16.6. The molecule has 2 rings (SSSR count). The Morgan fingerprint density at radius 3 is 2.77 bits per heavy atom. The smallest absolute Gasteiger partial charge is 0.406 e. The Kier molecular flexibility index (Phi) is 5.65. The van der Waals surface area contributed by atoms with Gasteiger partial charge in [0, 0.05) is 13.2 Å². The lowest BCUT2D eigenvalue weighted by Crippen LogP contribution is -2.39. The van der Waals surface area contributed by atoms with E-state index in [-0.39, 0.29) is 24.6 Å². The van der Waals surface area contributed by atoms with E-state index in [0.29, 0.717) is 18.6 Å². The SMILES string of the molecule is O=C(NCCc1ccccc1OC(F)(F)F)[C@H]1CCCCO1. The van der Waals surface area contributed by atoms with Crippen molar-refractivity contribution < 1.29 is 27.4 Å². The van der Waals surface area contributed by atoms with Crippen LogP contribution in [0.1, 0.15) is 24.8 Å². The fourth-order valence-corrected chi connectivity index (χ4v) is 2.32. The number of hydrogen-bond donors (Lipinski definition) is 1. The second-order valence-corrected chi connectivity index (χ2v) is 5.05. The zero-order chi connectivity index (χ0) is 16.0. The lowest BCUT2D eigenvalue weighted by molar-refractivity contribution is -0.274. The Morgan fingerprint density at radius 1 is 1.32 bits per heavy atom. The number of benzene rings is 1. The van der Waals surface area contributed by atoms with Crippen LogP contribution in [-0.4, -0.2) is 31.5 Å². The van der Waals surface area contributed by atoms with Gasteiger partial charge in [-0.3, -0.25) is 4.79 Å². The van der Waals surface area contributed by atoms with E-state index in [2.05, 4.69) is 10.1 Å². The van der Waals surface area contributed by atoms with Crippen molar-refractivity contribution in [3.05, 3.63) is 29.8 Å². The largest absolute Gasteiger partial charge is 0.573 e. The van der Waals surface area contributed by atoms with Crippen LogP contribution in [0.15, 0.2) is 24.3 Å². The van der Waals surface area contributed by atoms with Crippen LogP contribution < -0.4 is 10.1 Å². The molecule has 1 atom stereocenters. The lowest BCUT2D eigenvalue weighted by atomic mass is 10.1. The van der Waals surface area contributed by atoms with Crippen LogP contribution in [0.3, 0.4) is 0 Å².